The molecule has 0 aromatic heterocycles. The molecule has 1 aliphatic rings. The van der Waals surface area contributed by atoms with E-state index in [9.17, 15) is 0 Å². The molecule has 0 saturated heterocycles. The summed E-state index contributed by atoms with van der Waals surface area (Å²) in [6, 6.07) is 15.0. The molecule has 1 aliphatic heterocycles. The van der Waals surface area contributed by atoms with Crippen molar-refractivity contribution in [3.63, 3.8) is 0 Å². The first kappa shape index (κ1) is 14.7. The molecule has 3 nitrogen and oxygen atoms in total. The van der Waals surface area contributed by atoms with Gasteiger partial charge in [0.05, 0.1) is 20.8 Å². The van der Waals surface area contributed by atoms with Crippen molar-refractivity contribution in [1.29, 1.82) is 0 Å². The molecule has 22 heavy (non-hydrogen) atoms. The van der Waals surface area contributed by atoms with Crippen LogP contribution < -0.4 is 14.8 Å². The number of nitrogens with two attached hydrogens (primary N) is 1. The zero-order chi connectivity index (χ0) is 15.4. The molecule has 0 unspecified atom stereocenters. The summed E-state index contributed by atoms with van der Waals surface area (Å²) in [7, 11) is 3.37. The van der Waals surface area contributed by atoms with E-state index in [4.69, 9.17) is 9.47 Å². The molecule has 1 heterocycles. The van der Waals surface area contributed by atoms with E-state index < -0.39 is 0 Å². The second kappa shape index (κ2) is 6.67. The molecule has 1 atom stereocenters. The highest BCUT2D eigenvalue weighted by atomic mass is 16.5. The molecule has 0 saturated carbocycles. The molecule has 0 bridgehead atoms. The minimum Gasteiger partial charge on any atom is -0.493 e. The van der Waals surface area contributed by atoms with Crippen molar-refractivity contribution in [3.8, 4) is 11.5 Å². The minimum atomic E-state index is 0.323. The number of hydrogen-bond acceptors (Lipinski definition) is 2. The molecule has 0 fully saturated rings. The third-order valence-electron chi connectivity index (χ3n) is 4.13. The maximum Gasteiger partial charge on any atom is 0.161 e. The quantitative estimate of drug-likeness (QED) is 0.941. The van der Waals surface area contributed by atoms with Gasteiger partial charge in [0.1, 0.15) is 6.04 Å². The van der Waals surface area contributed by atoms with Crippen molar-refractivity contribution in [2.45, 2.75) is 12.5 Å². The molecule has 0 radical (unpaired) electrons. The summed E-state index contributed by atoms with van der Waals surface area (Å²) in [5, 5.41) is 2.37. The maximum absolute atomic E-state index is 5.45. The summed E-state index contributed by atoms with van der Waals surface area (Å²) in [4.78, 5) is 0. The number of methoxy groups -OCH3 is 2. The lowest BCUT2D eigenvalue weighted by molar-refractivity contribution is -0.688. The van der Waals surface area contributed by atoms with E-state index >= 15 is 0 Å². The van der Waals surface area contributed by atoms with Gasteiger partial charge in [0.25, 0.3) is 0 Å². The Morgan fingerprint density at radius 1 is 1.05 bits per heavy atom. The van der Waals surface area contributed by atoms with Crippen molar-refractivity contribution >= 4 is 6.08 Å². The molecule has 114 valence electrons. The van der Waals surface area contributed by atoms with Gasteiger partial charge < -0.3 is 14.8 Å². The average molecular weight is 296 g/mol. The van der Waals surface area contributed by atoms with Gasteiger partial charge in [0, 0.05) is 12.0 Å². The van der Waals surface area contributed by atoms with Gasteiger partial charge in [-0.3, -0.25) is 0 Å². The van der Waals surface area contributed by atoms with Crippen molar-refractivity contribution in [3.05, 3.63) is 65.2 Å². The van der Waals surface area contributed by atoms with Crippen molar-refractivity contribution in [2.75, 3.05) is 20.8 Å². The fourth-order valence-corrected chi connectivity index (χ4v) is 2.97. The zero-order valence-corrected chi connectivity index (χ0v) is 13.1. The first-order valence-electron chi connectivity index (χ1n) is 7.63. The van der Waals surface area contributed by atoms with E-state index in [0.29, 0.717) is 6.04 Å². The zero-order valence-electron chi connectivity index (χ0n) is 13.1. The Morgan fingerprint density at radius 2 is 1.77 bits per heavy atom. The predicted octanol–water partition coefficient (Wildman–Crippen LogP) is 2.58. The van der Waals surface area contributed by atoms with E-state index in [1.165, 1.54) is 16.7 Å². The summed E-state index contributed by atoms with van der Waals surface area (Å²) in [5.74, 6) is 1.61. The number of fused-ring (bicyclic) bond motifs is 1. The Kier molecular flexibility index (Phi) is 4.45. The Balaban J connectivity index is 1.92. The van der Waals surface area contributed by atoms with Crippen LogP contribution in [0.25, 0.3) is 6.08 Å². The fraction of sp³-hybridized carbons (Fsp3) is 0.263. The maximum atomic E-state index is 5.45. The first-order chi connectivity index (χ1) is 10.8. The normalized spacial score (nSPS) is 17.3. The van der Waals surface area contributed by atoms with Crippen LogP contribution in [0, 0.1) is 0 Å². The Labute approximate surface area is 131 Å². The largest absolute Gasteiger partial charge is 0.493 e. The van der Waals surface area contributed by atoms with Crippen molar-refractivity contribution in [1.82, 2.24) is 0 Å². The van der Waals surface area contributed by atoms with Crippen molar-refractivity contribution in [2.24, 2.45) is 0 Å². The summed E-state index contributed by atoms with van der Waals surface area (Å²) < 4.78 is 10.9. The van der Waals surface area contributed by atoms with Crippen LogP contribution in [0.5, 0.6) is 11.5 Å². The molecule has 2 aromatic carbocycles. The van der Waals surface area contributed by atoms with Gasteiger partial charge in [-0.25, -0.2) is 0 Å². The third-order valence-corrected chi connectivity index (χ3v) is 4.13. The van der Waals surface area contributed by atoms with Gasteiger partial charge in [-0.2, -0.15) is 0 Å². The highest BCUT2D eigenvalue weighted by Crippen LogP contribution is 2.34. The molecule has 2 N–H and O–H groups in total. The number of benzene rings is 2. The summed E-state index contributed by atoms with van der Waals surface area (Å²) >= 11 is 0. The fourth-order valence-electron chi connectivity index (χ4n) is 2.97. The molecule has 0 amide bonds. The van der Waals surface area contributed by atoms with Crippen LogP contribution in [0.3, 0.4) is 0 Å². The third kappa shape index (κ3) is 3.00. The summed E-state index contributed by atoms with van der Waals surface area (Å²) in [6.07, 6.45) is 5.51. The van der Waals surface area contributed by atoms with Gasteiger partial charge in [-0.1, -0.05) is 36.4 Å². The summed E-state index contributed by atoms with van der Waals surface area (Å²) in [6.45, 7) is 1.09. The van der Waals surface area contributed by atoms with Gasteiger partial charge in [-0.05, 0) is 29.3 Å². The Bertz CT molecular complexity index is 665. The lowest BCUT2D eigenvalue weighted by atomic mass is 9.93. The molecule has 0 spiro atoms. The van der Waals surface area contributed by atoms with Crippen LogP contribution in [0.2, 0.25) is 0 Å². The number of rotatable bonds is 4. The van der Waals surface area contributed by atoms with E-state index in [-0.39, 0.29) is 0 Å². The highest BCUT2D eigenvalue weighted by Gasteiger charge is 2.23. The lowest BCUT2D eigenvalue weighted by Gasteiger charge is -2.23. The van der Waals surface area contributed by atoms with Gasteiger partial charge in [0.2, 0.25) is 0 Å². The number of hydrogen-bond donors (Lipinski definition) is 1. The van der Waals surface area contributed by atoms with E-state index in [2.05, 4.69) is 53.9 Å². The van der Waals surface area contributed by atoms with Crippen LogP contribution in [0.15, 0.2) is 48.5 Å². The summed E-state index contributed by atoms with van der Waals surface area (Å²) in [5.41, 5.74) is 3.89. The van der Waals surface area contributed by atoms with E-state index in [1.807, 2.05) is 6.07 Å². The smallest absolute Gasteiger partial charge is 0.161 e. The van der Waals surface area contributed by atoms with Gasteiger partial charge in [-0.15, -0.1) is 0 Å². The number of quaternary nitrogens is 1. The Hall–Kier alpha value is -2.26. The van der Waals surface area contributed by atoms with Crippen LogP contribution in [-0.2, 0) is 6.42 Å². The minimum absolute atomic E-state index is 0.323. The second-order valence-electron chi connectivity index (χ2n) is 5.48. The van der Waals surface area contributed by atoms with Crippen molar-refractivity contribution < 1.29 is 14.8 Å². The molecular weight excluding hydrogens is 274 g/mol. The molecule has 0 aliphatic carbocycles. The highest BCUT2D eigenvalue weighted by molar-refractivity contribution is 5.53. The molecule has 2 aromatic rings. The van der Waals surface area contributed by atoms with Gasteiger partial charge >= 0.3 is 0 Å². The van der Waals surface area contributed by atoms with Crippen LogP contribution in [0.4, 0.5) is 0 Å². The second-order valence-corrected chi connectivity index (χ2v) is 5.48. The Morgan fingerprint density at radius 3 is 2.50 bits per heavy atom. The average Bonchev–Trinajstić information content (AvgIpc) is 2.59. The predicted molar refractivity (Wildman–Crippen MR) is 88.3 cm³/mol. The topological polar surface area (TPSA) is 35.1 Å². The standard InChI is InChI=1S/C19H21NO2/c1-21-18-12-15-10-11-20-17(16(15)13-19(18)22-2)9-8-14-6-4-3-5-7-14/h3-9,12-13,17,20H,10-11H2,1-2H3/p+1/b9-8+/t17-/m0/s1. The molecule has 3 rings (SSSR count). The van der Waals surface area contributed by atoms with Gasteiger partial charge in [0.15, 0.2) is 11.5 Å². The van der Waals surface area contributed by atoms with Crippen LogP contribution >= 0.6 is 0 Å². The molecular formula is C19H22NO2+. The monoisotopic (exact) mass is 296 g/mol. The lowest BCUT2D eigenvalue weighted by Crippen LogP contribution is -2.86. The molecule has 3 heteroatoms. The van der Waals surface area contributed by atoms with E-state index in [0.717, 1.165) is 24.5 Å². The number of ether oxygens (including phenoxy) is 2. The van der Waals surface area contributed by atoms with Crippen LogP contribution in [0.1, 0.15) is 22.7 Å². The van der Waals surface area contributed by atoms with Crippen LogP contribution in [-0.4, -0.2) is 20.8 Å². The SMILES string of the molecule is COc1cc2c(cc1OC)[C@H](/C=C/c1ccccc1)[NH2+]CC2. The first-order valence-corrected chi connectivity index (χ1v) is 7.63. The van der Waals surface area contributed by atoms with E-state index in [1.54, 1.807) is 14.2 Å².